The molecule has 0 nitrogen and oxygen atoms in total. The van der Waals surface area contributed by atoms with E-state index in [1.165, 1.54) is 12.1 Å². The molecule has 0 atom stereocenters. The Bertz CT molecular complexity index is 449. The summed E-state index contributed by atoms with van der Waals surface area (Å²) in [4.78, 5) is 3.19. The van der Waals surface area contributed by atoms with Gasteiger partial charge in [-0.25, -0.2) is 0 Å². The van der Waals surface area contributed by atoms with Crippen LogP contribution >= 0.6 is 22.7 Å². The van der Waals surface area contributed by atoms with Gasteiger partial charge in [0.1, 0.15) is 8.07 Å². The molecule has 0 radical (unpaired) electrons. The Kier molecular flexibility index (Phi) is 2.16. The monoisotopic (exact) mass is 250 g/mol. The lowest BCUT2D eigenvalue weighted by molar-refractivity contribution is 1.30. The predicted molar refractivity (Wildman–Crippen MR) is 73.6 cm³/mol. The molecule has 3 heteroatoms. The van der Waals surface area contributed by atoms with Gasteiger partial charge in [0.15, 0.2) is 0 Å². The van der Waals surface area contributed by atoms with Gasteiger partial charge in [-0.1, -0.05) is 38.1 Å². The van der Waals surface area contributed by atoms with Crippen LogP contribution in [0.25, 0.3) is 9.75 Å². The molecule has 0 saturated carbocycles. The van der Waals surface area contributed by atoms with Gasteiger partial charge in [-0.15, -0.1) is 22.7 Å². The van der Waals surface area contributed by atoms with E-state index in [4.69, 9.17) is 0 Å². The molecule has 1 aliphatic heterocycles. The standard InChI is InChI=1S/C12H14S2Si/c1-3-15(4-2)9-5-7-13-11(9)12-10(15)6-8-14-12/h5-8H,3-4H2,1-2H3. The number of hydrogen-bond donors (Lipinski definition) is 0. The van der Waals surface area contributed by atoms with E-state index in [0.717, 1.165) is 0 Å². The fraction of sp³-hybridized carbons (Fsp3) is 0.333. The van der Waals surface area contributed by atoms with Gasteiger partial charge >= 0.3 is 0 Å². The normalized spacial score (nSPS) is 16.4. The molecule has 1 aliphatic rings. The fourth-order valence-corrected chi connectivity index (χ4v) is 10.9. The van der Waals surface area contributed by atoms with Crippen LogP contribution in [0.2, 0.25) is 12.1 Å². The highest BCUT2D eigenvalue weighted by molar-refractivity contribution is 7.27. The summed E-state index contributed by atoms with van der Waals surface area (Å²) in [6.07, 6.45) is 0. The SMILES string of the molecule is CC[Si]1(CC)c2ccsc2-c2sccc21. The van der Waals surface area contributed by atoms with E-state index < -0.39 is 8.07 Å². The molecule has 3 heterocycles. The molecule has 15 heavy (non-hydrogen) atoms. The first-order valence-corrected chi connectivity index (χ1v) is 9.67. The molecule has 2 aromatic rings. The van der Waals surface area contributed by atoms with Gasteiger partial charge in [0, 0.05) is 9.75 Å². The Hall–Kier alpha value is -0.383. The summed E-state index contributed by atoms with van der Waals surface area (Å²) < 4.78 is 0. The molecule has 0 fully saturated rings. The molecular weight excluding hydrogens is 236 g/mol. The third-order valence-corrected chi connectivity index (χ3v) is 11.4. The average molecular weight is 250 g/mol. The zero-order valence-corrected chi connectivity index (χ0v) is 11.7. The van der Waals surface area contributed by atoms with E-state index in [-0.39, 0.29) is 0 Å². The lowest BCUT2D eigenvalue weighted by Gasteiger charge is -2.24. The van der Waals surface area contributed by atoms with Crippen LogP contribution in [0.5, 0.6) is 0 Å². The Balaban J connectivity index is 2.35. The zero-order chi connectivity index (χ0) is 10.5. The molecule has 0 unspecified atom stereocenters. The molecule has 0 bridgehead atoms. The summed E-state index contributed by atoms with van der Waals surface area (Å²) in [6.45, 7) is 4.76. The van der Waals surface area contributed by atoms with Crippen molar-refractivity contribution in [2.75, 3.05) is 0 Å². The summed E-state index contributed by atoms with van der Waals surface area (Å²) >= 11 is 3.88. The topological polar surface area (TPSA) is 0 Å². The van der Waals surface area contributed by atoms with Gasteiger partial charge in [-0.05, 0) is 21.1 Å². The zero-order valence-electron chi connectivity index (χ0n) is 9.04. The second-order valence-electron chi connectivity index (χ2n) is 4.12. The van der Waals surface area contributed by atoms with Crippen molar-refractivity contribution < 1.29 is 0 Å². The molecule has 0 aliphatic carbocycles. The third-order valence-electron chi connectivity index (χ3n) is 3.77. The quantitative estimate of drug-likeness (QED) is 0.717. The molecule has 0 amide bonds. The van der Waals surface area contributed by atoms with Gasteiger partial charge in [-0.2, -0.15) is 0 Å². The van der Waals surface area contributed by atoms with Crippen molar-refractivity contribution in [3.05, 3.63) is 22.9 Å². The number of thiophene rings is 2. The van der Waals surface area contributed by atoms with Crippen molar-refractivity contribution in [2.24, 2.45) is 0 Å². The Morgan fingerprint density at radius 3 is 1.80 bits per heavy atom. The molecule has 0 aromatic carbocycles. The van der Waals surface area contributed by atoms with Gasteiger partial charge in [0.25, 0.3) is 0 Å². The first-order valence-electron chi connectivity index (χ1n) is 5.49. The third kappa shape index (κ3) is 1.06. The van der Waals surface area contributed by atoms with Crippen molar-refractivity contribution in [3.8, 4) is 9.75 Å². The molecule has 0 N–H and O–H groups in total. The summed E-state index contributed by atoms with van der Waals surface area (Å²) in [5, 5.41) is 8.00. The van der Waals surface area contributed by atoms with Crippen molar-refractivity contribution in [1.29, 1.82) is 0 Å². The second-order valence-corrected chi connectivity index (χ2v) is 10.6. The largest absolute Gasteiger partial charge is 0.143 e. The van der Waals surface area contributed by atoms with Crippen LogP contribution in [-0.4, -0.2) is 8.07 Å². The average Bonchev–Trinajstić information content (AvgIpc) is 2.90. The van der Waals surface area contributed by atoms with E-state index in [1.807, 2.05) is 22.7 Å². The van der Waals surface area contributed by atoms with Crippen molar-refractivity contribution in [3.63, 3.8) is 0 Å². The molecule has 78 valence electrons. The summed E-state index contributed by atoms with van der Waals surface area (Å²) in [7, 11) is -1.30. The minimum absolute atomic E-state index is 1.30. The highest BCUT2D eigenvalue weighted by Crippen LogP contribution is 2.38. The van der Waals surface area contributed by atoms with Crippen LogP contribution in [0, 0.1) is 0 Å². The van der Waals surface area contributed by atoms with Crippen LogP contribution in [0.4, 0.5) is 0 Å². The van der Waals surface area contributed by atoms with Crippen molar-refractivity contribution in [1.82, 2.24) is 0 Å². The van der Waals surface area contributed by atoms with Gasteiger partial charge in [-0.3, -0.25) is 0 Å². The molecule has 2 aromatic heterocycles. The maximum absolute atomic E-state index is 2.39. The highest BCUT2D eigenvalue weighted by Gasteiger charge is 2.44. The van der Waals surface area contributed by atoms with E-state index in [0.29, 0.717) is 0 Å². The lowest BCUT2D eigenvalue weighted by atomic mass is 10.4. The first-order chi connectivity index (χ1) is 7.33. The summed E-state index contributed by atoms with van der Waals surface area (Å²) in [5.74, 6) is 0. The minimum Gasteiger partial charge on any atom is -0.143 e. The fourth-order valence-electron chi connectivity index (χ4n) is 2.88. The number of fused-ring (bicyclic) bond motifs is 3. The Morgan fingerprint density at radius 2 is 1.40 bits per heavy atom. The van der Waals surface area contributed by atoms with Crippen molar-refractivity contribution in [2.45, 2.75) is 25.9 Å². The molecular formula is C12H14S2Si. The van der Waals surface area contributed by atoms with Crippen LogP contribution in [0.3, 0.4) is 0 Å². The summed E-state index contributed by atoms with van der Waals surface area (Å²) in [6, 6.07) is 7.51. The molecule has 0 spiro atoms. The molecule has 0 saturated heterocycles. The molecule has 3 rings (SSSR count). The van der Waals surface area contributed by atoms with Gasteiger partial charge < -0.3 is 0 Å². The maximum Gasteiger partial charge on any atom is 0.121 e. The van der Waals surface area contributed by atoms with E-state index >= 15 is 0 Å². The maximum atomic E-state index is 2.39. The van der Waals surface area contributed by atoms with Gasteiger partial charge in [0.05, 0.1) is 0 Å². The Labute approximate surface area is 99.6 Å². The van der Waals surface area contributed by atoms with Gasteiger partial charge in [0.2, 0.25) is 0 Å². The van der Waals surface area contributed by atoms with E-state index in [2.05, 4.69) is 36.7 Å². The highest BCUT2D eigenvalue weighted by atomic mass is 32.1. The van der Waals surface area contributed by atoms with Crippen molar-refractivity contribution >= 4 is 41.1 Å². The Morgan fingerprint density at radius 1 is 0.933 bits per heavy atom. The number of rotatable bonds is 2. The smallest absolute Gasteiger partial charge is 0.121 e. The van der Waals surface area contributed by atoms with Crippen LogP contribution in [0.1, 0.15) is 13.8 Å². The lowest BCUT2D eigenvalue weighted by Crippen LogP contribution is -2.53. The van der Waals surface area contributed by atoms with Crippen LogP contribution < -0.4 is 10.4 Å². The summed E-state index contributed by atoms with van der Waals surface area (Å²) in [5.41, 5.74) is 0. The predicted octanol–water partition coefficient (Wildman–Crippen LogP) is 3.39. The second kappa shape index (κ2) is 3.30. The van der Waals surface area contributed by atoms with E-state index in [1.54, 1.807) is 20.1 Å². The van der Waals surface area contributed by atoms with E-state index in [9.17, 15) is 0 Å². The first kappa shape index (κ1) is 9.82. The van der Waals surface area contributed by atoms with Crippen LogP contribution in [-0.2, 0) is 0 Å². The number of hydrogen-bond acceptors (Lipinski definition) is 2. The minimum atomic E-state index is -1.30. The van der Waals surface area contributed by atoms with Crippen LogP contribution in [0.15, 0.2) is 22.9 Å².